The van der Waals surface area contributed by atoms with Crippen molar-refractivity contribution >= 4 is 34.2 Å². The lowest BCUT2D eigenvalue weighted by atomic mass is 10.0. The van der Waals surface area contributed by atoms with Gasteiger partial charge in [-0.1, -0.05) is 42.5 Å². The molecule has 1 heterocycles. The van der Waals surface area contributed by atoms with Gasteiger partial charge in [0.15, 0.2) is 0 Å². The number of benzene rings is 2. The number of nitrogens with one attached hydrogen (secondary N) is 1. The molecule has 0 radical (unpaired) electrons. The maximum Gasteiger partial charge on any atom is 0.271 e. The molecule has 98 valence electrons. The first-order valence-electron chi connectivity index (χ1n) is 6.19. The molecule has 2 aromatic carbocycles. The molecule has 0 spiro atoms. The summed E-state index contributed by atoms with van der Waals surface area (Å²) in [6, 6.07) is 17.4. The number of hydrogen-bond donors (Lipinski definition) is 1. The van der Waals surface area contributed by atoms with Gasteiger partial charge in [0.1, 0.15) is 0 Å². The van der Waals surface area contributed by atoms with Crippen LogP contribution in [0.3, 0.4) is 0 Å². The number of fused-ring (bicyclic) bond motifs is 1. The molecule has 4 heteroatoms. The Balaban J connectivity index is 1.82. The van der Waals surface area contributed by atoms with Gasteiger partial charge in [0, 0.05) is 10.4 Å². The molecule has 0 aliphatic carbocycles. The molecule has 3 nitrogen and oxygen atoms in total. The molecule has 0 aliphatic heterocycles. The van der Waals surface area contributed by atoms with Gasteiger partial charge in [-0.3, -0.25) is 4.79 Å². The van der Waals surface area contributed by atoms with Gasteiger partial charge in [-0.05, 0) is 28.3 Å². The molecule has 0 bridgehead atoms. The molecule has 1 aromatic heterocycles. The van der Waals surface area contributed by atoms with Gasteiger partial charge in [0.2, 0.25) is 0 Å². The van der Waals surface area contributed by atoms with Crippen LogP contribution in [0, 0.1) is 0 Å². The van der Waals surface area contributed by atoms with Crippen LogP contribution in [0.1, 0.15) is 15.2 Å². The molecule has 20 heavy (non-hydrogen) atoms. The maximum absolute atomic E-state index is 12.2. The van der Waals surface area contributed by atoms with Crippen molar-refractivity contribution in [2.45, 2.75) is 0 Å². The van der Waals surface area contributed by atoms with Crippen LogP contribution in [0.15, 0.2) is 65.1 Å². The summed E-state index contributed by atoms with van der Waals surface area (Å²) in [5.41, 5.74) is 3.20. The second-order valence-electron chi connectivity index (χ2n) is 4.24. The Morgan fingerprint density at radius 2 is 1.90 bits per heavy atom. The fourth-order valence-electron chi connectivity index (χ4n) is 2.00. The van der Waals surface area contributed by atoms with E-state index in [1.165, 1.54) is 0 Å². The number of thiophene rings is 1. The molecule has 3 rings (SSSR count). The van der Waals surface area contributed by atoms with Crippen molar-refractivity contribution < 1.29 is 4.79 Å². The fraction of sp³-hybridized carbons (Fsp3) is 0. The summed E-state index contributed by atoms with van der Waals surface area (Å²) < 4.78 is 0. The SMILES string of the molecule is O=C(NN=Cc1cccs1)c1cccc2ccccc12. The normalized spacial score (nSPS) is 11.0. The van der Waals surface area contributed by atoms with E-state index in [-0.39, 0.29) is 5.91 Å². The third-order valence-corrected chi connectivity index (χ3v) is 3.74. The summed E-state index contributed by atoms with van der Waals surface area (Å²) in [6.45, 7) is 0. The lowest BCUT2D eigenvalue weighted by molar-refractivity contribution is 0.0957. The predicted molar refractivity (Wildman–Crippen MR) is 83.3 cm³/mol. The minimum Gasteiger partial charge on any atom is -0.267 e. The van der Waals surface area contributed by atoms with Crippen LogP contribution in [0.5, 0.6) is 0 Å². The summed E-state index contributed by atoms with van der Waals surface area (Å²) in [5.74, 6) is -0.199. The first kappa shape index (κ1) is 12.6. The third kappa shape index (κ3) is 2.60. The van der Waals surface area contributed by atoms with E-state index in [0.717, 1.165) is 15.6 Å². The molecular formula is C16H12N2OS. The van der Waals surface area contributed by atoms with Gasteiger partial charge >= 0.3 is 0 Å². The first-order valence-corrected chi connectivity index (χ1v) is 7.07. The van der Waals surface area contributed by atoms with Gasteiger partial charge in [0.25, 0.3) is 5.91 Å². The highest BCUT2D eigenvalue weighted by molar-refractivity contribution is 7.11. The third-order valence-electron chi connectivity index (χ3n) is 2.94. The van der Waals surface area contributed by atoms with Gasteiger partial charge < -0.3 is 0 Å². The van der Waals surface area contributed by atoms with E-state index in [2.05, 4.69) is 10.5 Å². The lowest BCUT2D eigenvalue weighted by Gasteiger charge is -2.04. The van der Waals surface area contributed by atoms with Crippen molar-refractivity contribution in [2.24, 2.45) is 5.10 Å². The fourth-order valence-corrected chi connectivity index (χ4v) is 2.59. The standard InChI is InChI=1S/C16H12N2OS/c19-16(18-17-11-13-7-4-10-20-13)15-9-3-6-12-5-1-2-8-14(12)15/h1-11H,(H,18,19). The van der Waals surface area contributed by atoms with Gasteiger partial charge in [0.05, 0.1) is 6.21 Å². The molecule has 0 atom stereocenters. The minimum absolute atomic E-state index is 0.199. The highest BCUT2D eigenvalue weighted by atomic mass is 32.1. The average molecular weight is 280 g/mol. The number of hydrazone groups is 1. The Morgan fingerprint density at radius 3 is 2.75 bits per heavy atom. The highest BCUT2D eigenvalue weighted by Gasteiger charge is 2.08. The molecule has 1 amide bonds. The first-order chi connectivity index (χ1) is 9.84. The van der Waals surface area contributed by atoms with E-state index in [1.54, 1.807) is 23.6 Å². The summed E-state index contributed by atoms with van der Waals surface area (Å²) in [4.78, 5) is 13.2. The number of amides is 1. The number of nitrogens with zero attached hydrogens (tertiary/aromatic N) is 1. The Labute approximate surface area is 120 Å². The second-order valence-corrected chi connectivity index (χ2v) is 5.22. The minimum atomic E-state index is -0.199. The number of carbonyl (C=O) groups excluding carboxylic acids is 1. The summed E-state index contributed by atoms with van der Waals surface area (Å²) >= 11 is 1.57. The molecule has 1 N–H and O–H groups in total. The van der Waals surface area contributed by atoms with Crippen LogP contribution in [0.25, 0.3) is 10.8 Å². The Bertz CT molecular complexity index is 758. The van der Waals surface area contributed by atoms with E-state index in [1.807, 2.05) is 53.9 Å². The largest absolute Gasteiger partial charge is 0.271 e. The van der Waals surface area contributed by atoms with Crippen molar-refractivity contribution in [3.05, 3.63) is 70.4 Å². The van der Waals surface area contributed by atoms with Crippen LogP contribution in [0.4, 0.5) is 0 Å². The Kier molecular flexibility index (Phi) is 3.56. The maximum atomic E-state index is 12.2. The van der Waals surface area contributed by atoms with Crippen LogP contribution < -0.4 is 5.43 Å². The van der Waals surface area contributed by atoms with Crippen molar-refractivity contribution in [1.29, 1.82) is 0 Å². The lowest BCUT2D eigenvalue weighted by Crippen LogP contribution is -2.17. The summed E-state index contributed by atoms with van der Waals surface area (Å²) in [5, 5.41) is 7.92. The summed E-state index contributed by atoms with van der Waals surface area (Å²) in [7, 11) is 0. The zero-order chi connectivity index (χ0) is 13.8. The van der Waals surface area contributed by atoms with Crippen molar-refractivity contribution in [2.75, 3.05) is 0 Å². The number of rotatable bonds is 3. The Hall–Kier alpha value is -2.46. The quantitative estimate of drug-likeness (QED) is 0.577. The van der Waals surface area contributed by atoms with Crippen LogP contribution in [-0.4, -0.2) is 12.1 Å². The van der Waals surface area contributed by atoms with Crippen molar-refractivity contribution in [3.63, 3.8) is 0 Å². The molecular weight excluding hydrogens is 268 g/mol. The predicted octanol–water partition coefficient (Wildman–Crippen LogP) is 3.67. The second kappa shape index (κ2) is 5.67. The van der Waals surface area contributed by atoms with E-state index in [4.69, 9.17) is 0 Å². The molecule has 0 aliphatic rings. The van der Waals surface area contributed by atoms with Crippen LogP contribution in [-0.2, 0) is 0 Å². The number of hydrogen-bond acceptors (Lipinski definition) is 3. The average Bonchev–Trinajstić information content (AvgIpc) is 3.00. The van der Waals surface area contributed by atoms with Crippen LogP contribution >= 0.6 is 11.3 Å². The monoisotopic (exact) mass is 280 g/mol. The zero-order valence-electron chi connectivity index (χ0n) is 10.6. The topological polar surface area (TPSA) is 41.5 Å². The zero-order valence-corrected chi connectivity index (χ0v) is 11.4. The molecule has 0 unspecified atom stereocenters. The van der Waals surface area contributed by atoms with Crippen molar-refractivity contribution in [3.8, 4) is 0 Å². The molecule has 3 aromatic rings. The Morgan fingerprint density at radius 1 is 1.05 bits per heavy atom. The highest BCUT2D eigenvalue weighted by Crippen LogP contribution is 2.18. The smallest absolute Gasteiger partial charge is 0.267 e. The van der Waals surface area contributed by atoms with E-state index < -0.39 is 0 Å². The van der Waals surface area contributed by atoms with E-state index in [9.17, 15) is 4.79 Å². The van der Waals surface area contributed by atoms with E-state index >= 15 is 0 Å². The van der Waals surface area contributed by atoms with E-state index in [0.29, 0.717) is 5.56 Å². The van der Waals surface area contributed by atoms with Gasteiger partial charge in [-0.2, -0.15) is 5.10 Å². The molecule has 0 fully saturated rings. The van der Waals surface area contributed by atoms with Crippen LogP contribution in [0.2, 0.25) is 0 Å². The van der Waals surface area contributed by atoms with Gasteiger partial charge in [-0.25, -0.2) is 5.43 Å². The van der Waals surface area contributed by atoms with Gasteiger partial charge in [-0.15, -0.1) is 11.3 Å². The molecule has 0 saturated carbocycles. The van der Waals surface area contributed by atoms with Crippen molar-refractivity contribution in [1.82, 2.24) is 5.43 Å². The number of carbonyl (C=O) groups is 1. The molecule has 0 saturated heterocycles. The summed E-state index contributed by atoms with van der Waals surface area (Å²) in [6.07, 6.45) is 1.65.